The van der Waals surface area contributed by atoms with Gasteiger partial charge in [-0.25, -0.2) is 9.37 Å². The first-order valence-electron chi connectivity index (χ1n) is 7.17. The Balaban J connectivity index is 1.68. The molecule has 3 nitrogen and oxygen atoms in total. The SMILES string of the molecule is Cc1ccc(NC(=O)Cc2nc(-c3ccccc3F)cs2)cc1. The number of thiazole rings is 1. The van der Waals surface area contributed by atoms with Crippen LogP contribution in [0.5, 0.6) is 0 Å². The number of aromatic nitrogens is 1. The van der Waals surface area contributed by atoms with Crippen molar-refractivity contribution in [1.82, 2.24) is 4.98 Å². The summed E-state index contributed by atoms with van der Waals surface area (Å²) >= 11 is 1.36. The molecule has 3 rings (SSSR count). The maximum atomic E-state index is 13.8. The predicted molar refractivity (Wildman–Crippen MR) is 91.0 cm³/mol. The smallest absolute Gasteiger partial charge is 0.231 e. The monoisotopic (exact) mass is 326 g/mol. The topological polar surface area (TPSA) is 42.0 Å². The molecule has 3 aromatic rings. The molecule has 1 heterocycles. The second kappa shape index (κ2) is 6.71. The lowest BCUT2D eigenvalue weighted by Crippen LogP contribution is -2.14. The van der Waals surface area contributed by atoms with E-state index in [2.05, 4.69) is 10.3 Å². The second-order valence-corrected chi connectivity index (χ2v) is 6.14. The first-order valence-corrected chi connectivity index (χ1v) is 8.05. The number of carbonyl (C=O) groups excluding carboxylic acids is 1. The molecule has 0 saturated carbocycles. The van der Waals surface area contributed by atoms with E-state index in [9.17, 15) is 9.18 Å². The van der Waals surface area contributed by atoms with Crippen LogP contribution < -0.4 is 5.32 Å². The maximum Gasteiger partial charge on any atom is 0.231 e. The van der Waals surface area contributed by atoms with Crippen LogP contribution in [-0.4, -0.2) is 10.9 Å². The minimum absolute atomic E-state index is 0.136. The zero-order valence-electron chi connectivity index (χ0n) is 12.5. The highest BCUT2D eigenvalue weighted by atomic mass is 32.1. The molecular weight excluding hydrogens is 311 g/mol. The van der Waals surface area contributed by atoms with E-state index >= 15 is 0 Å². The van der Waals surface area contributed by atoms with Crippen molar-refractivity contribution in [2.24, 2.45) is 0 Å². The number of benzene rings is 2. The van der Waals surface area contributed by atoms with Crippen LogP contribution in [0.1, 0.15) is 10.6 Å². The van der Waals surface area contributed by atoms with E-state index < -0.39 is 0 Å². The Labute approximate surface area is 137 Å². The van der Waals surface area contributed by atoms with Gasteiger partial charge in [0.2, 0.25) is 5.91 Å². The van der Waals surface area contributed by atoms with Gasteiger partial charge in [-0.15, -0.1) is 11.3 Å². The van der Waals surface area contributed by atoms with Gasteiger partial charge in [0.05, 0.1) is 12.1 Å². The Bertz CT molecular complexity index is 827. The number of rotatable bonds is 4. The molecule has 0 spiro atoms. The Kier molecular flexibility index (Phi) is 4.48. The predicted octanol–water partition coefficient (Wildman–Crippen LogP) is 4.44. The fourth-order valence-electron chi connectivity index (χ4n) is 2.16. The van der Waals surface area contributed by atoms with Crippen molar-refractivity contribution in [3.63, 3.8) is 0 Å². The first-order chi connectivity index (χ1) is 11.1. The van der Waals surface area contributed by atoms with E-state index in [1.807, 2.05) is 31.2 Å². The third-order valence-corrected chi connectivity index (χ3v) is 4.20. The summed E-state index contributed by atoms with van der Waals surface area (Å²) < 4.78 is 13.8. The molecule has 0 radical (unpaired) electrons. The van der Waals surface area contributed by atoms with Gasteiger partial charge >= 0.3 is 0 Å². The van der Waals surface area contributed by atoms with Crippen molar-refractivity contribution in [2.75, 3.05) is 5.32 Å². The molecule has 5 heteroatoms. The van der Waals surface area contributed by atoms with Gasteiger partial charge < -0.3 is 5.32 Å². The molecule has 0 aliphatic rings. The molecule has 2 aromatic carbocycles. The summed E-state index contributed by atoms with van der Waals surface area (Å²) in [5, 5.41) is 5.26. The number of hydrogen-bond acceptors (Lipinski definition) is 3. The lowest BCUT2D eigenvalue weighted by molar-refractivity contribution is -0.115. The normalized spacial score (nSPS) is 10.5. The van der Waals surface area contributed by atoms with Crippen LogP contribution in [0.3, 0.4) is 0 Å². The van der Waals surface area contributed by atoms with E-state index in [4.69, 9.17) is 0 Å². The molecule has 0 aliphatic carbocycles. The van der Waals surface area contributed by atoms with Crippen LogP contribution >= 0.6 is 11.3 Å². The van der Waals surface area contributed by atoms with Crippen LogP contribution in [0.25, 0.3) is 11.3 Å². The minimum atomic E-state index is -0.312. The lowest BCUT2D eigenvalue weighted by atomic mass is 10.1. The van der Waals surface area contributed by atoms with Crippen molar-refractivity contribution in [2.45, 2.75) is 13.3 Å². The average Bonchev–Trinajstić information content (AvgIpc) is 2.98. The van der Waals surface area contributed by atoms with Crippen molar-refractivity contribution in [1.29, 1.82) is 0 Å². The standard InChI is InChI=1S/C18H15FN2OS/c1-12-6-8-13(9-7-12)20-17(22)10-18-21-16(11-23-18)14-4-2-3-5-15(14)19/h2-9,11H,10H2,1H3,(H,20,22). The molecule has 0 atom stereocenters. The quantitative estimate of drug-likeness (QED) is 0.770. The van der Waals surface area contributed by atoms with Crippen molar-refractivity contribution >= 4 is 22.9 Å². The van der Waals surface area contributed by atoms with Crippen molar-refractivity contribution in [3.8, 4) is 11.3 Å². The highest BCUT2D eigenvalue weighted by Gasteiger charge is 2.11. The first kappa shape index (κ1) is 15.4. The fraction of sp³-hybridized carbons (Fsp3) is 0.111. The number of hydrogen-bond donors (Lipinski definition) is 1. The number of nitrogens with zero attached hydrogens (tertiary/aromatic N) is 1. The van der Waals surface area contributed by atoms with Gasteiger partial charge in [-0.05, 0) is 31.2 Å². The Morgan fingerprint density at radius 1 is 1.17 bits per heavy atom. The van der Waals surface area contributed by atoms with Gasteiger partial charge in [-0.2, -0.15) is 0 Å². The van der Waals surface area contributed by atoms with Crippen molar-refractivity contribution in [3.05, 3.63) is 70.3 Å². The largest absolute Gasteiger partial charge is 0.326 e. The van der Waals surface area contributed by atoms with Gasteiger partial charge in [0.25, 0.3) is 0 Å². The number of carbonyl (C=O) groups is 1. The highest BCUT2D eigenvalue weighted by molar-refractivity contribution is 7.10. The van der Waals surface area contributed by atoms with E-state index in [0.29, 0.717) is 16.3 Å². The summed E-state index contributed by atoms with van der Waals surface area (Å²) in [4.78, 5) is 16.4. The Hall–Kier alpha value is -2.53. The molecular formula is C18H15FN2OS. The molecule has 0 aliphatic heterocycles. The fourth-order valence-corrected chi connectivity index (χ4v) is 2.96. The number of halogens is 1. The molecule has 116 valence electrons. The molecule has 1 amide bonds. The van der Waals surface area contributed by atoms with Gasteiger partial charge in [-0.1, -0.05) is 29.8 Å². The summed E-state index contributed by atoms with van der Waals surface area (Å²) in [6.07, 6.45) is 0.174. The van der Waals surface area contributed by atoms with Crippen LogP contribution in [0.15, 0.2) is 53.9 Å². The highest BCUT2D eigenvalue weighted by Crippen LogP contribution is 2.24. The maximum absolute atomic E-state index is 13.8. The number of aryl methyl sites for hydroxylation is 1. The molecule has 1 aromatic heterocycles. The minimum Gasteiger partial charge on any atom is -0.326 e. The zero-order chi connectivity index (χ0) is 16.2. The average molecular weight is 326 g/mol. The van der Waals surface area contributed by atoms with Crippen LogP contribution in [0.2, 0.25) is 0 Å². The Morgan fingerprint density at radius 2 is 1.91 bits per heavy atom. The summed E-state index contributed by atoms with van der Waals surface area (Å²) in [7, 11) is 0. The third-order valence-electron chi connectivity index (χ3n) is 3.35. The molecule has 0 saturated heterocycles. The van der Waals surface area contributed by atoms with Crippen molar-refractivity contribution < 1.29 is 9.18 Å². The third kappa shape index (κ3) is 3.81. The molecule has 0 bridgehead atoms. The van der Waals surface area contributed by atoms with E-state index in [1.54, 1.807) is 23.6 Å². The summed E-state index contributed by atoms with van der Waals surface area (Å²) in [6, 6.07) is 14.1. The molecule has 0 fully saturated rings. The number of amides is 1. The summed E-state index contributed by atoms with van der Waals surface area (Å²) in [5.74, 6) is -0.447. The van der Waals surface area contributed by atoms with Gasteiger partial charge in [-0.3, -0.25) is 4.79 Å². The van der Waals surface area contributed by atoms with Crippen LogP contribution in [0, 0.1) is 12.7 Å². The van der Waals surface area contributed by atoms with E-state index in [0.717, 1.165) is 11.3 Å². The number of nitrogens with one attached hydrogen (secondary N) is 1. The van der Waals surface area contributed by atoms with Crippen LogP contribution in [0.4, 0.5) is 10.1 Å². The summed E-state index contributed by atoms with van der Waals surface area (Å²) in [6.45, 7) is 1.99. The molecule has 1 N–H and O–H groups in total. The molecule has 23 heavy (non-hydrogen) atoms. The van der Waals surface area contributed by atoms with E-state index in [1.165, 1.54) is 17.4 Å². The van der Waals surface area contributed by atoms with Gasteiger partial charge in [0.15, 0.2) is 0 Å². The van der Waals surface area contributed by atoms with Gasteiger partial charge in [0, 0.05) is 16.6 Å². The Morgan fingerprint density at radius 3 is 2.65 bits per heavy atom. The summed E-state index contributed by atoms with van der Waals surface area (Å²) in [5.41, 5.74) is 2.91. The second-order valence-electron chi connectivity index (χ2n) is 5.20. The zero-order valence-corrected chi connectivity index (χ0v) is 13.4. The van der Waals surface area contributed by atoms with E-state index in [-0.39, 0.29) is 18.1 Å². The van der Waals surface area contributed by atoms with Crippen LogP contribution in [-0.2, 0) is 11.2 Å². The molecule has 0 unspecified atom stereocenters. The number of anilines is 1. The van der Waals surface area contributed by atoms with Gasteiger partial charge in [0.1, 0.15) is 10.8 Å². The lowest BCUT2D eigenvalue weighted by Gasteiger charge is -2.04.